The molecule has 0 aromatic rings. The van der Waals surface area contributed by atoms with E-state index >= 15 is 0 Å². The minimum Gasteiger partial charge on any atom is -0.478 e. The second-order valence-electron chi connectivity index (χ2n) is 2.10. The molecule has 0 saturated carbocycles. The van der Waals surface area contributed by atoms with E-state index in [1.54, 1.807) is 0 Å². The zero-order valence-corrected chi connectivity index (χ0v) is 8.63. The fraction of sp³-hybridized carbons (Fsp3) is 0.833. The molecular weight excluding hydrogens is 216 g/mol. The van der Waals surface area contributed by atoms with Gasteiger partial charge in [0.15, 0.2) is 0 Å². The number of ether oxygens (including phenoxy) is 2. The number of thiol groups is 2. The monoisotopic (exact) mass is 228 g/mol. The maximum Gasteiger partial charge on any atom is 0.357 e. The summed E-state index contributed by atoms with van der Waals surface area (Å²) in [7, 11) is 0. The van der Waals surface area contributed by atoms with E-state index in [4.69, 9.17) is 19.7 Å². The van der Waals surface area contributed by atoms with Crippen LogP contribution in [0.15, 0.2) is 0 Å². The van der Waals surface area contributed by atoms with Crippen LogP contribution in [0.2, 0.25) is 0 Å². The van der Waals surface area contributed by atoms with Crippen LogP contribution in [-0.2, 0) is 14.3 Å². The Bertz CT molecular complexity index is 161. The van der Waals surface area contributed by atoms with Gasteiger partial charge in [-0.15, -0.1) is 25.3 Å². The minimum absolute atomic E-state index is 0.0549. The molecule has 0 radical (unpaired) electrons. The van der Waals surface area contributed by atoms with Gasteiger partial charge in [-0.3, -0.25) is 0 Å². The molecule has 7 heteroatoms. The van der Waals surface area contributed by atoms with E-state index in [1.807, 2.05) is 0 Å². The zero-order valence-electron chi connectivity index (χ0n) is 6.84. The fourth-order valence-corrected chi connectivity index (χ4v) is 0.654. The normalized spacial score (nSPS) is 11.6. The van der Waals surface area contributed by atoms with Crippen LogP contribution in [0.5, 0.6) is 0 Å². The van der Waals surface area contributed by atoms with Crippen molar-refractivity contribution in [3.05, 3.63) is 0 Å². The highest BCUT2D eigenvalue weighted by Crippen LogP contribution is 2.20. The molecule has 0 amide bonds. The third-order valence-corrected chi connectivity index (χ3v) is 1.69. The van der Waals surface area contributed by atoms with Gasteiger partial charge in [0.25, 0.3) is 4.27 Å². The average Bonchev–Trinajstić information content (AvgIpc) is 2.03. The first-order valence-electron chi connectivity index (χ1n) is 3.51. The van der Waals surface area contributed by atoms with Crippen LogP contribution in [0.1, 0.15) is 0 Å². The second kappa shape index (κ2) is 6.50. The molecular formula is C6H12O5S2. The van der Waals surface area contributed by atoms with E-state index in [0.717, 1.165) is 0 Å². The Balaban J connectivity index is 3.46. The molecule has 0 aliphatic carbocycles. The predicted molar refractivity (Wildman–Crippen MR) is 52.2 cm³/mol. The SMILES string of the molecule is O=C(O)C(S)(S)OCCOCCO. The topological polar surface area (TPSA) is 76.0 Å². The molecule has 0 aromatic carbocycles. The molecule has 0 atom stereocenters. The van der Waals surface area contributed by atoms with Gasteiger partial charge in [-0.2, -0.15) is 0 Å². The third kappa shape index (κ3) is 6.17. The molecule has 13 heavy (non-hydrogen) atoms. The fourth-order valence-electron chi connectivity index (χ4n) is 0.471. The summed E-state index contributed by atoms with van der Waals surface area (Å²) in [6.45, 7) is 0.365. The lowest BCUT2D eigenvalue weighted by molar-refractivity contribution is -0.147. The number of hydrogen-bond donors (Lipinski definition) is 4. The van der Waals surface area contributed by atoms with Crippen LogP contribution < -0.4 is 0 Å². The highest BCUT2D eigenvalue weighted by atomic mass is 32.2. The van der Waals surface area contributed by atoms with Crippen molar-refractivity contribution in [2.24, 2.45) is 0 Å². The zero-order chi connectivity index (χ0) is 10.3. The van der Waals surface area contributed by atoms with Gasteiger partial charge in [-0.25, -0.2) is 4.79 Å². The molecule has 0 spiro atoms. The predicted octanol–water partition coefficient (Wildman–Crippen LogP) is -0.390. The summed E-state index contributed by atoms with van der Waals surface area (Å²) < 4.78 is 7.79. The third-order valence-electron chi connectivity index (χ3n) is 1.05. The van der Waals surface area contributed by atoms with Gasteiger partial charge in [0.05, 0.1) is 26.4 Å². The smallest absolute Gasteiger partial charge is 0.357 e. The Morgan fingerprint density at radius 2 is 1.92 bits per heavy atom. The maximum absolute atomic E-state index is 10.4. The Hall–Kier alpha value is 0.0500. The molecule has 0 aliphatic heterocycles. The molecule has 2 N–H and O–H groups in total. The molecule has 5 nitrogen and oxygen atoms in total. The van der Waals surface area contributed by atoms with Gasteiger partial charge in [0.2, 0.25) is 0 Å². The van der Waals surface area contributed by atoms with E-state index in [2.05, 4.69) is 25.3 Å². The molecule has 0 bridgehead atoms. The van der Waals surface area contributed by atoms with E-state index in [9.17, 15) is 4.79 Å². The first-order valence-corrected chi connectivity index (χ1v) is 4.41. The van der Waals surface area contributed by atoms with Crippen molar-refractivity contribution < 1.29 is 24.5 Å². The van der Waals surface area contributed by atoms with Crippen molar-refractivity contribution in [2.45, 2.75) is 4.27 Å². The molecule has 0 heterocycles. The second-order valence-corrected chi connectivity index (χ2v) is 3.71. The van der Waals surface area contributed by atoms with Crippen molar-refractivity contribution in [2.75, 3.05) is 26.4 Å². The van der Waals surface area contributed by atoms with Crippen LogP contribution in [0.25, 0.3) is 0 Å². The van der Waals surface area contributed by atoms with Crippen molar-refractivity contribution in [3.63, 3.8) is 0 Å². The largest absolute Gasteiger partial charge is 0.478 e. The standard InChI is InChI=1S/C6H12O5S2/c7-1-2-10-3-4-11-6(12,13)5(8)9/h7,12-13H,1-4H2,(H,8,9). The van der Waals surface area contributed by atoms with Crippen LogP contribution in [0.4, 0.5) is 0 Å². The van der Waals surface area contributed by atoms with Crippen molar-refractivity contribution in [1.29, 1.82) is 0 Å². The summed E-state index contributed by atoms with van der Waals surface area (Å²) in [6, 6.07) is 0. The number of aliphatic hydroxyl groups is 1. The maximum atomic E-state index is 10.4. The van der Waals surface area contributed by atoms with Gasteiger partial charge < -0.3 is 19.7 Å². The van der Waals surface area contributed by atoms with Gasteiger partial charge >= 0.3 is 5.97 Å². The number of aliphatic hydroxyl groups excluding tert-OH is 1. The lowest BCUT2D eigenvalue weighted by Gasteiger charge is -2.17. The molecule has 0 fully saturated rings. The number of rotatable bonds is 7. The summed E-state index contributed by atoms with van der Waals surface area (Å²) >= 11 is 7.29. The summed E-state index contributed by atoms with van der Waals surface area (Å²) in [4.78, 5) is 10.4. The van der Waals surface area contributed by atoms with Gasteiger partial charge in [-0.1, -0.05) is 0 Å². The van der Waals surface area contributed by atoms with Crippen molar-refractivity contribution in [3.8, 4) is 0 Å². The number of carboxylic acids is 1. The number of aliphatic carboxylic acids is 1. The number of carbonyl (C=O) groups is 1. The Morgan fingerprint density at radius 1 is 1.31 bits per heavy atom. The van der Waals surface area contributed by atoms with Crippen molar-refractivity contribution in [1.82, 2.24) is 0 Å². The number of hydrogen-bond acceptors (Lipinski definition) is 6. The van der Waals surface area contributed by atoms with E-state index in [0.29, 0.717) is 0 Å². The van der Waals surface area contributed by atoms with Gasteiger partial charge in [-0.05, 0) is 0 Å². The number of carboxylic acid groups (broad SMARTS) is 1. The molecule has 0 unspecified atom stereocenters. The van der Waals surface area contributed by atoms with E-state index in [1.165, 1.54) is 0 Å². The van der Waals surface area contributed by atoms with E-state index in [-0.39, 0.29) is 26.4 Å². The van der Waals surface area contributed by atoms with Crippen LogP contribution in [-0.4, -0.2) is 46.9 Å². The summed E-state index contributed by atoms with van der Waals surface area (Å²) in [5, 5.41) is 16.8. The molecule has 78 valence electrons. The highest BCUT2D eigenvalue weighted by molar-refractivity contribution is 8.01. The quantitative estimate of drug-likeness (QED) is 0.271. The van der Waals surface area contributed by atoms with Gasteiger partial charge in [0.1, 0.15) is 0 Å². The first kappa shape index (κ1) is 13.1. The van der Waals surface area contributed by atoms with Gasteiger partial charge in [0, 0.05) is 0 Å². The lowest BCUT2D eigenvalue weighted by Crippen LogP contribution is -2.30. The van der Waals surface area contributed by atoms with Crippen LogP contribution in [0, 0.1) is 0 Å². The summed E-state index contributed by atoms with van der Waals surface area (Å²) in [5.74, 6) is -1.28. The Morgan fingerprint density at radius 3 is 2.38 bits per heavy atom. The summed E-state index contributed by atoms with van der Waals surface area (Å²) in [6.07, 6.45) is 0. The first-order chi connectivity index (χ1) is 6.00. The molecule has 0 aromatic heterocycles. The van der Waals surface area contributed by atoms with Crippen LogP contribution in [0.3, 0.4) is 0 Å². The Kier molecular flexibility index (Phi) is 6.52. The lowest BCUT2D eigenvalue weighted by atomic mass is 10.7. The average molecular weight is 228 g/mol. The molecule has 0 rings (SSSR count). The Labute approximate surface area is 86.9 Å². The molecule has 0 saturated heterocycles. The van der Waals surface area contributed by atoms with E-state index < -0.39 is 10.2 Å². The molecule has 0 aliphatic rings. The minimum atomic E-state index is -1.79. The van der Waals surface area contributed by atoms with Crippen LogP contribution >= 0.6 is 25.3 Å². The highest BCUT2D eigenvalue weighted by Gasteiger charge is 2.30. The van der Waals surface area contributed by atoms with Crippen molar-refractivity contribution >= 4 is 31.2 Å². The summed E-state index contributed by atoms with van der Waals surface area (Å²) in [5.41, 5.74) is 0.